The molecule has 0 spiro atoms. The fraction of sp³-hybridized carbons (Fsp3) is 0.667. The lowest BCUT2D eigenvalue weighted by Crippen LogP contribution is -2.28. The third-order valence-electron chi connectivity index (χ3n) is 1.89. The summed E-state index contributed by atoms with van der Waals surface area (Å²) in [4.78, 5) is 9.60. The predicted molar refractivity (Wildman–Crippen MR) is 45.6 cm³/mol. The smallest absolute Gasteiger partial charge is 0.290 e. The summed E-state index contributed by atoms with van der Waals surface area (Å²) in [7, 11) is 0. The van der Waals surface area contributed by atoms with Gasteiger partial charge < -0.3 is 16.3 Å². The van der Waals surface area contributed by atoms with Crippen molar-refractivity contribution >= 4 is 6.47 Å². The molecule has 1 atom stereocenters. The molecule has 13 heavy (non-hydrogen) atoms. The van der Waals surface area contributed by atoms with E-state index in [1.807, 2.05) is 0 Å². The number of nitrogens with two attached hydrogens (primary N) is 1. The second-order valence-electron chi connectivity index (χ2n) is 2.74. The van der Waals surface area contributed by atoms with E-state index in [0.717, 1.165) is 18.9 Å². The number of nitrogen functional groups attached to an aromatic ring is 1. The molecule has 1 aliphatic heterocycles. The van der Waals surface area contributed by atoms with Crippen LogP contribution in [0, 0.1) is 0 Å². The molecule has 0 aromatic carbocycles. The van der Waals surface area contributed by atoms with Crippen molar-refractivity contribution < 1.29 is 9.90 Å². The molecule has 1 aromatic rings. The number of aromatic amines is 1. The van der Waals surface area contributed by atoms with Gasteiger partial charge in [-0.05, 0) is 13.0 Å². The molecule has 0 radical (unpaired) electrons. The molecule has 7 nitrogen and oxygen atoms in total. The van der Waals surface area contributed by atoms with Gasteiger partial charge in [0.1, 0.15) is 0 Å². The van der Waals surface area contributed by atoms with E-state index in [0.29, 0.717) is 5.92 Å². The second-order valence-corrected chi connectivity index (χ2v) is 2.74. The van der Waals surface area contributed by atoms with Crippen LogP contribution in [0.25, 0.3) is 0 Å². The van der Waals surface area contributed by atoms with Crippen molar-refractivity contribution in [3.8, 4) is 0 Å². The monoisotopic (exact) mass is 187 g/mol. The first kappa shape index (κ1) is 9.59. The van der Waals surface area contributed by atoms with Crippen LogP contribution in [0.5, 0.6) is 0 Å². The average Bonchev–Trinajstić information content (AvgIpc) is 2.52. The molecule has 0 saturated carbocycles. The number of aromatic nitrogens is 3. The topological polar surface area (TPSA) is 109 Å². The summed E-state index contributed by atoms with van der Waals surface area (Å²) in [5, 5.41) is 17.0. The Morgan fingerprint density at radius 2 is 2.38 bits per heavy atom. The van der Waals surface area contributed by atoms with Crippen molar-refractivity contribution in [1.29, 1.82) is 0 Å². The number of rotatable bonds is 1. The van der Waals surface area contributed by atoms with Gasteiger partial charge in [0.15, 0.2) is 5.82 Å². The number of nitrogens with one attached hydrogen (secondary N) is 2. The van der Waals surface area contributed by atoms with Gasteiger partial charge in [0.05, 0.1) is 0 Å². The van der Waals surface area contributed by atoms with Gasteiger partial charge in [0.25, 0.3) is 6.47 Å². The zero-order valence-electron chi connectivity index (χ0n) is 7.10. The lowest BCUT2D eigenvalue weighted by Gasteiger charge is -2.12. The quantitative estimate of drug-likeness (QED) is 0.323. The maximum atomic E-state index is 8.36. The fourth-order valence-electron chi connectivity index (χ4n) is 1.30. The maximum Gasteiger partial charge on any atom is 0.290 e. The number of H-pyrrole nitrogens is 1. The van der Waals surface area contributed by atoms with Gasteiger partial charge in [-0.15, -0.1) is 10.0 Å². The van der Waals surface area contributed by atoms with Crippen molar-refractivity contribution in [3.05, 3.63) is 5.82 Å². The van der Waals surface area contributed by atoms with Gasteiger partial charge in [0, 0.05) is 12.5 Å². The second kappa shape index (κ2) is 4.51. The molecule has 5 N–H and O–H groups in total. The van der Waals surface area contributed by atoms with Crippen LogP contribution in [0.2, 0.25) is 0 Å². The van der Waals surface area contributed by atoms with E-state index >= 15 is 0 Å². The summed E-state index contributed by atoms with van der Waals surface area (Å²) in [6.07, 6.45) is 1.17. The lowest BCUT2D eigenvalue weighted by atomic mass is 10.1. The van der Waals surface area contributed by atoms with Crippen LogP contribution in [0.4, 0.5) is 0 Å². The zero-order valence-corrected chi connectivity index (χ0v) is 7.10. The van der Waals surface area contributed by atoms with Crippen molar-refractivity contribution in [3.63, 3.8) is 0 Å². The maximum absolute atomic E-state index is 8.36. The van der Waals surface area contributed by atoms with Crippen LogP contribution in [0.1, 0.15) is 18.2 Å². The summed E-state index contributed by atoms with van der Waals surface area (Å²) in [5.41, 5.74) is 0. The van der Waals surface area contributed by atoms with Crippen molar-refractivity contribution in [1.82, 2.24) is 20.4 Å². The highest BCUT2D eigenvalue weighted by Gasteiger charge is 2.20. The van der Waals surface area contributed by atoms with Gasteiger partial charge in [-0.3, -0.25) is 4.79 Å². The third-order valence-corrected chi connectivity index (χ3v) is 1.89. The first-order chi connectivity index (χ1) is 6.27. The molecule has 0 amide bonds. The van der Waals surface area contributed by atoms with E-state index in [2.05, 4.69) is 15.5 Å². The number of nitrogens with zero attached hydrogens (tertiary/aromatic N) is 2. The number of hydrogen-bond donors (Lipinski definition) is 4. The van der Waals surface area contributed by atoms with Gasteiger partial charge in [0.2, 0.25) is 0 Å². The van der Waals surface area contributed by atoms with Crippen LogP contribution >= 0.6 is 0 Å². The van der Waals surface area contributed by atoms with Gasteiger partial charge in [-0.25, -0.2) is 5.10 Å². The van der Waals surface area contributed by atoms with Crippen molar-refractivity contribution in [2.45, 2.75) is 12.3 Å². The van der Waals surface area contributed by atoms with Gasteiger partial charge >= 0.3 is 0 Å². The largest absolute Gasteiger partial charge is 0.483 e. The molecule has 2 heterocycles. The fourth-order valence-corrected chi connectivity index (χ4v) is 1.30. The molecule has 1 aliphatic rings. The standard InChI is InChI=1S/C5H11N5.CH2O2/c6-10-8-5(9-10)4-1-2-7-3-4;2-1-3/h4,7H,1-3,6H2,(H,8,9);1H,(H,2,3). The Labute approximate surface area is 74.9 Å². The summed E-state index contributed by atoms with van der Waals surface area (Å²) < 4.78 is 0. The van der Waals surface area contributed by atoms with E-state index in [1.54, 1.807) is 0 Å². The minimum absolute atomic E-state index is 0.250. The van der Waals surface area contributed by atoms with Crippen molar-refractivity contribution in [2.75, 3.05) is 18.9 Å². The Balaban J connectivity index is 0.000000251. The Hall–Kier alpha value is -1.50. The first-order valence-corrected chi connectivity index (χ1v) is 3.96. The SMILES string of the molecule is Nn1nc(C2CCNC2)[nH]1.O=CO. The molecule has 1 saturated heterocycles. The molecule has 1 unspecified atom stereocenters. The van der Waals surface area contributed by atoms with E-state index in [4.69, 9.17) is 15.7 Å². The normalized spacial score (nSPS) is 20.8. The van der Waals surface area contributed by atoms with Crippen LogP contribution in [0.3, 0.4) is 0 Å². The minimum atomic E-state index is -0.250. The lowest BCUT2D eigenvalue weighted by molar-refractivity contribution is -0.122. The molecule has 7 heteroatoms. The van der Waals surface area contributed by atoms with Crippen LogP contribution in [0.15, 0.2) is 0 Å². The highest BCUT2D eigenvalue weighted by molar-refractivity contribution is 5.32. The summed E-state index contributed by atoms with van der Waals surface area (Å²) >= 11 is 0. The van der Waals surface area contributed by atoms with E-state index < -0.39 is 0 Å². The van der Waals surface area contributed by atoms with Crippen LogP contribution in [-0.4, -0.2) is 39.8 Å². The highest BCUT2D eigenvalue weighted by Crippen LogP contribution is 2.17. The predicted octanol–water partition coefficient (Wildman–Crippen LogP) is -1.30. The highest BCUT2D eigenvalue weighted by atomic mass is 16.3. The summed E-state index contributed by atoms with van der Waals surface area (Å²) in [6, 6.07) is 0. The molecule has 74 valence electrons. The van der Waals surface area contributed by atoms with E-state index in [-0.39, 0.29) is 6.47 Å². The Morgan fingerprint density at radius 1 is 1.77 bits per heavy atom. The number of carbonyl (C=O) groups is 1. The summed E-state index contributed by atoms with van der Waals surface area (Å²) in [6.45, 7) is 1.87. The Morgan fingerprint density at radius 3 is 2.77 bits per heavy atom. The number of hydrogen-bond acceptors (Lipinski definition) is 4. The van der Waals surface area contributed by atoms with Crippen LogP contribution < -0.4 is 11.2 Å². The van der Waals surface area contributed by atoms with Crippen LogP contribution in [-0.2, 0) is 4.79 Å². The van der Waals surface area contributed by atoms with Gasteiger partial charge in [-0.1, -0.05) is 0 Å². The number of carboxylic acid groups (broad SMARTS) is 1. The summed E-state index contributed by atoms with van der Waals surface area (Å²) in [5.74, 6) is 6.83. The molecule has 0 bridgehead atoms. The molecule has 2 rings (SSSR count). The van der Waals surface area contributed by atoms with Crippen molar-refractivity contribution in [2.24, 2.45) is 0 Å². The van der Waals surface area contributed by atoms with E-state index in [9.17, 15) is 0 Å². The molecular weight excluding hydrogens is 174 g/mol. The zero-order chi connectivity index (χ0) is 9.68. The molecular formula is C6H13N5O2. The minimum Gasteiger partial charge on any atom is -0.483 e. The van der Waals surface area contributed by atoms with E-state index in [1.165, 1.54) is 11.3 Å². The average molecular weight is 187 g/mol. The third kappa shape index (κ3) is 2.48. The first-order valence-electron chi connectivity index (χ1n) is 3.96. The molecule has 0 aliphatic carbocycles. The molecule has 1 fully saturated rings. The Bertz CT molecular complexity index is 238. The van der Waals surface area contributed by atoms with Gasteiger partial charge in [-0.2, -0.15) is 0 Å². The molecule has 1 aromatic heterocycles. The Kier molecular flexibility index (Phi) is 3.32.